The van der Waals surface area contributed by atoms with Crippen molar-refractivity contribution in [3.8, 4) is 0 Å². The van der Waals surface area contributed by atoms with Gasteiger partial charge in [-0.1, -0.05) is 59.7 Å². The fourth-order valence-electron chi connectivity index (χ4n) is 4.02. The Morgan fingerprint density at radius 3 is 2.00 bits per heavy atom. The number of hydrogen-bond acceptors (Lipinski definition) is 0. The second-order valence-corrected chi connectivity index (χ2v) is 9.74. The van der Waals surface area contributed by atoms with E-state index in [2.05, 4.69) is 59.7 Å². The topological polar surface area (TPSA) is 0 Å². The molecule has 2 atom stereocenters. The highest BCUT2D eigenvalue weighted by atomic mass is 35.5. The van der Waals surface area contributed by atoms with Gasteiger partial charge in [-0.3, -0.25) is 0 Å². The lowest BCUT2D eigenvalue weighted by molar-refractivity contribution is 0.331. The van der Waals surface area contributed by atoms with Gasteiger partial charge in [-0.05, 0) is 58.1 Å². The molecular weight excluding hydrogens is 276 g/mol. The summed E-state index contributed by atoms with van der Waals surface area (Å²) >= 11 is 6.79. The molecule has 0 aliphatic heterocycles. The SMILES string of the molecule is CC1(C)CCC(C)(C)c2cc(C(Cl)C3CC3(C)C)ccc21. The van der Waals surface area contributed by atoms with Gasteiger partial charge in [0.2, 0.25) is 0 Å². The molecule has 3 rings (SSSR count). The molecule has 0 radical (unpaired) electrons. The van der Waals surface area contributed by atoms with E-state index in [0.717, 1.165) is 0 Å². The van der Waals surface area contributed by atoms with E-state index in [0.29, 0.717) is 16.7 Å². The van der Waals surface area contributed by atoms with Crippen LogP contribution in [0.3, 0.4) is 0 Å². The monoisotopic (exact) mass is 304 g/mol. The number of rotatable bonds is 2. The summed E-state index contributed by atoms with van der Waals surface area (Å²) in [7, 11) is 0. The van der Waals surface area contributed by atoms with Gasteiger partial charge in [-0.2, -0.15) is 0 Å². The summed E-state index contributed by atoms with van der Waals surface area (Å²) in [5.74, 6) is 0.636. The highest BCUT2D eigenvalue weighted by molar-refractivity contribution is 6.21. The molecule has 0 N–H and O–H groups in total. The first-order valence-corrected chi connectivity index (χ1v) is 8.77. The Balaban J connectivity index is 2.00. The zero-order valence-corrected chi connectivity index (χ0v) is 15.1. The molecule has 1 heteroatoms. The molecule has 0 nitrogen and oxygen atoms in total. The fourth-order valence-corrected chi connectivity index (χ4v) is 4.58. The molecule has 2 aliphatic carbocycles. The van der Waals surface area contributed by atoms with E-state index < -0.39 is 0 Å². The first-order chi connectivity index (χ1) is 9.55. The van der Waals surface area contributed by atoms with Gasteiger partial charge in [-0.15, -0.1) is 11.6 Å². The lowest BCUT2D eigenvalue weighted by Gasteiger charge is -2.42. The van der Waals surface area contributed by atoms with Gasteiger partial charge < -0.3 is 0 Å². The van der Waals surface area contributed by atoms with Gasteiger partial charge in [-0.25, -0.2) is 0 Å². The highest BCUT2D eigenvalue weighted by Gasteiger charge is 2.50. The third-order valence-electron chi connectivity index (χ3n) is 6.14. The van der Waals surface area contributed by atoms with Crippen LogP contribution in [0.4, 0.5) is 0 Å². The van der Waals surface area contributed by atoms with Crippen molar-refractivity contribution < 1.29 is 0 Å². The van der Waals surface area contributed by atoms with E-state index in [-0.39, 0.29) is 10.8 Å². The van der Waals surface area contributed by atoms with Crippen LogP contribution in [-0.2, 0) is 10.8 Å². The van der Waals surface area contributed by atoms with Crippen molar-refractivity contribution in [2.24, 2.45) is 11.3 Å². The Morgan fingerprint density at radius 1 is 0.952 bits per heavy atom. The Morgan fingerprint density at radius 2 is 1.48 bits per heavy atom. The quantitative estimate of drug-likeness (QED) is 0.557. The van der Waals surface area contributed by atoms with E-state index >= 15 is 0 Å². The molecule has 0 saturated heterocycles. The zero-order valence-electron chi connectivity index (χ0n) is 14.4. The average Bonchev–Trinajstić information content (AvgIpc) is 3.03. The van der Waals surface area contributed by atoms with Crippen LogP contribution in [0.5, 0.6) is 0 Å². The highest BCUT2D eigenvalue weighted by Crippen LogP contribution is 2.60. The zero-order chi connectivity index (χ0) is 15.6. The summed E-state index contributed by atoms with van der Waals surface area (Å²) in [4.78, 5) is 0. The molecule has 2 unspecified atom stereocenters. The summed E-state index contributed by atoms with van der Waals surface area (Å²) in [6, 6.07) is 7.06. The second-order valence-electron chi connectivity index (χ2n) is 9.27. The number of halogens is 1. The second kappa shape index (κ2) is 4.51. The van der Waals surface area contributed by atoms with Crippen LogP contribution in [0.1, 0.15) is 82.9 Å². The maximum absolute atomic E-state index is 6.79. The first kappa shape index (κ1) is 15.4. The fraction of sp³-hybridized carbons (Fsp3) is 0.700. The van der Waals surface area contributed by atoms with Crippen molar-refractivity contribution in [2.45, 2.75) is 77.0 Å². The third-order valence-corrected chi connectivity index (χ3v) is 6.69. The number of fused-ring (bicyclic) bond motifs is 1. The molecule has 1 aromatic rings. The molecule has 2 aliphatic rings. The van der Waals surface area contributed by atoms with Crippen molar-refractivity contribution in [3.63, 3.8) is 0 Å². The lowest BCUT2D eigenvalue weighted by Crippen LogP contribution is -2.34. The Kier molecular flexibility index (Phi) is 3.31. The molecule has 0 amide bonds. The van der Waals surface area contributed by atoms with Crippen LogP contribution in [0, 0.1) is 11.3 Å². The van der Waals surface area contributed by atoms with Crippen molar-refractivity contribution in [2.75, 3.05) is 0 Å². The molecule has 0 aromatic heterocycles. The van der Waals surface area contributed by atoms with Gasteiger partial charge in [0.25, 0.3) is 0 Å². The summed E-state index contributed by atoms with van der Waals surface area (Å²) in [6.07, 6.45) is 3.79. The van der Waals surface area contributed by atoms with E-state index in [4.69, 9.17) is 11.6 Å². The molecule has 0 spiro atoms. The standard InChI is InChI=1S/C20H29Cl/c1-18(2)9-10-19(3,4)15-11-13(7-8-14(15)18)17(21)16-12-20(16,5)6/h7-8,11,16-17H,9-10,12H2,1-6H3. The Hall–Kier alpha value is -0.490. The van der Waals surface area contributed by atoms with Gasteiger partial charge in [0, 0.05) is 0 Å². The van der Waals surface area contributed by atoms with E-state index in [1.807, 2.05) is 0 Å². The molecule has 116 valence electrons. The van der Waals surface area contributed by atoms with Crippen molar-refractivity contribution >= 4 is 11.6 Å². The summed E-state index contributed by atoms with van der Waals surface area (Å²) in [5.41, 5.74) is 5.39. The minimum absolute atomic E-state index is 0.172. The van der Waals surface area contributed by atoms with E-state index in [9.17, 15) is 0 Å². The molecule has 21 heavy (non-hydrogen) atoms. The van der Waals surface area contributed by atoms with Gasteiger partial charge >= 0.3 is 0 Å². The molecule has 1 aromatic carbocycles. The third kappa shape index (κ3) is 2.54. The van der Waals surface area contributed by atoms with E-state index in [1.165, 1.54) is 36.0 Å². The minimum atomic E-state index is 0.172. The number of benzene rings is 1. The maximum atomic E-state index is 6.79. The van der Waals surface area contributed by atoms with Crippen LogP contribution in [0.25, 0.3) is 0 Å². The predicted molar refractivity (Wildman–Crippen MR) is 92.2 cm³/mol. The summed E-state index contributed by atoms with van der Waals surface area (Å²) in [5, 5.41) is 0.172. The van der Waals surface area contributed by atoms with Crippen molar-refractivity contribution in [3.05, 3.63) is 34.9 Å². The first-order valence-electron chi connectivity index (χ1n) is 8.34. The Labute approximate surface area is 135 Å². The van der Waals surface area contributed by atoms with Crippen LogP contribution in [-0.4, -0.2) is 0 Å². The molecule has 0 bridgehead atoms. The predicted octanol–water partition coefficient (Wildman–Crippen LogP) is 6.36. The number of hydrogen-bond donors (Lipinski definition) is 0. The van der Waals surface area contributed by atoms with Crippen LogP contribution < -0.4 is 0 Å². The van der Waals surface area contributed by atoms with Gasteiger partial charge in [0.15, 0.2) is 0 Å². The molecule has 1 fully saturated rings. The summed E-state index contributed by atoms with van der Waals surface area (Å²) in [6.45, 7) is 14.2. The van der Waals surface area contributed by atoms with Crippen LogP contribution in [0.15, 0.2) is 18.2 Å². The molecule has 1 saturated carbocycles. The van der Waals surface area contributed by atoms with Crippen LogP contribution in [0.2, 0.25) is 0 Å². The normalized spacial score (nSPS) is 29.6. The van der Waals surface area contributed by atoms with Crippen molar-refractivity contribution in [1.29, 1.82) is 0 Å². The van der Waals surface area contributed by atoms with E-state index in [1.54, 1.807) is 0 Å². The number of alkyl halides is 1. The smallest absolute Gasteiger partial charge is 0.0618 e. The van der Waals surface area contributed by atoms with Crippen molar-refractivity contribution in [1.82, 2.24) is 0 Å². The Bertz CT molecular complexity index is 565. The van der Waals surface area contributed by atoms with Gasteiger partial charge in [0.1, 0.15) is 0 Å². The largest absolute Gasteiger partial charge is 0.117 e. The molecular formula is C20H29Cl. The van der Waals surface area contributed by atoms with Crippen LogP contribution >= 0.6 is 11.6 Å². The average molecular weight is 305 g/mol. The summed E-state index contributed by atoms with van der Waals surface area (Å²) < 4.78 is 0. The minimum Gasteiger partial charge on any atom is -0.117 e. The lowest BCUT2D eigenvalue weighted by atomic mass is 9.63. The maximum Gasteiger partial charge on any atom is 0.0618 e. The van der Waals surface area contributed by atoms with Gasteiger partial charge in [0.05, 0.1) is 5.38 Å². The molecule has 0 heterocycles.